The number of rotatable bonds is 6. The third kappa shape index (κ3) is 3.94. The zero-order chi connectivity index (χ0) is 17.8. The third-order valence-electron chi connectivity index (χ3n) is 3.72. The molecule has 1 N–H and O–H groups in total. The molecule has 0 radical (unpaired) electrons. The predicted molar refractivity (Wildman–Crippen MR) is 97.8 cm³/mol. The Morgan fingerprint density at radius 3 is 2.76 bits per heavy atom. The van der Waals surface area contributed by atoms with Crippen LogP contribution in [-0.2, 0) is 17.8 Å². The summed E-state index contributed by atoms with van der Waals surface area (Å²) >= 11 is 1.36. The maximum absolute atomic E-state index is 12.4. The second kappa shape index (κ2) is 7.58. The van der Waals surface area contributed by atoms with Crippen LogP contribution in [0.15, 0.2) is 40.5 Å². The SMILES string of the molecule is CCOC(=O)c1nc2scc(CN(C)Cc3ccccc3)c2c(=O)[nH]1. The standard InChI is InChI=1S/C18H19N3O3S/c1-3-24-18(23)15-19-16(22)14-13(11-25-17(14)20-15)10-21(2)9-12-7-5-4-6-8-12/h4-8,11H,3,9-10H2,1-2H3,(H,19,20,22). The maximum atomic E-state index is 12.4. The molecule has 0 fully saturated rings. The average Bonchev–Trinajstić information content (AvgIpc) is 2.99. The summed E-state index contributed by atoms with van der Waals surface area (Å²) in [5.41, 5.74) is 1.81. The van der Waals surface area contributed by atoms with Crippen molar-refractivity contribution in [2.75, 3.05) is 13.7 Å². The van der Waals surface area contributed by atoms with Crippen molar-refractivity contribution in [3.05, 3.63) is 63.0 Å². The van der Waals surface area contributed by atoms with E-state index < -0.39 is 5.97 Å². The maximum Gasteiger partial charge on any atom is 0.374 e. The number of fused-ring (bicyclic) bond motifs is 1. The summed E-state index contributed by atoms with van der Waals surface area (Å²) < 4.78 is 4.89. The van der Waals surface area contributed by atoms with E-state index in [9.17, 15) is 9.59 Å². The lowest BCUT2D eigenvalue weighted by molar-refractivity contribution is 0.0512. The van der Waals surface area contributed by atoms with E-state index in [-0.39, 0.29) is 18.0 Å². The minimum atomic E-state index is -0.613. The van der Waals surface area contributed by atoms with Crippen molar-refractivity contribution >= 4 is 27.5 Å². The molecule has 0 amide bonds. The number of hydrogen-bond donors (Lipinski definition) is 1. The molecule has 0 atom stereocenters. The van der Waals surface area contributed by atoms with Crippen LogP contribution in [0, 0.1) is 0 Å². The lowest BCUT2D eigenvalue weighted by Gasteiger charge is -2.16. The highest BCUT2D eigenvalue weighted by Crippen LogP contribution is 2.22. The number of thiophene rings is 1. The number of nitrogens with one attached hydrogen (secondary N) is 1. The van der Waals surface area contributed by atoms with Gasteiger partial charge in [-0.3, -0.25) is 9.69 Å². The topological polar surface area (TPSA) is 75.3 Å². The number of aromatic nitrogens is 2. The summed E-state index contributed by atoms with van der Waals surface area (Å²) in [4.78, 5) is 33.6. The summed E-state index contributed by atoms with van der Waals surface area (Å²) in [6, 6.07) is 10.1. The van der Waals surface area contributed by atoms with Crippen molar-refractivity contribution in [1.29, 1.82) is 0 Å². The van der Waals surface area contributed by atoms with Gasteiger partial charge >= 0.3 is 5.97 Å². The first-order chi connectivity index (χ1) is 12.1. The summed E-state index contributed by atoms with van der Waals surface area (Å²) in [6.45, 7) is 3.35. The first kappa shape index (κ1) is 17.3. The third-order valence-corrected chi connectivity index (χ3v) is 4.65. The Kier molecular flexibility index (Phi) is 5.25. The normalized spacial score (nSPS) is 11.2. The van der Waals surface area contributed by atoms with Gasteiger partial charge in [-0.05, 0) is 30.5 Å². The second-order valence-corrected chi connectivity index (χ2v) is 6.59. The van der Waals surface area contributed by atoms with Crippen LogP contribution >= 0.6 is 11.3 Å². The highest BCUT2D eigenvalue weighted by atomic mass is 32.1. The first-order valence-electron chi connectivity index (χ1n) is 7.98. The molecule has 0 aliphatic rings. The number of nitrogens with zero attached hydrogens (tertiary/aromatic N) is 2. The number of hydrogen-bond acceptors (Lipinski definition) is 6. The fourth-order valence-electron chi connectivity index (χ4n) is 2.66. The lowest BCUT2D eigenvalue weighted by Crippen LogP contribution is -2.20. The molecule has 2 heterocycles. The molecule has 6 nitrogen and oxygen atoms in total. The molecule has 7 heteroatoms. The molecule has 3 rings (SSSR count). The number of benzene rings is 1. The smallest absolute Gasteiger partial charge is 0.374 e. The van der Waals surface area contributed by atoms with Crippen molar-refractivity contribution in [1.82, 2.24) is 14.9 Å². The lowest BCUT2D eigenvalue weighted by atomic mass is 10.2. The van der Waals surface area contributed by atoms with E-state index in [1.807, 2.05) is 30.6 Å². The van der Waals surface area contributed by atoms with Crippen molar-refractivity contribution in [3.63, 3.8) is 0 Å². The largest absolute Gasteiger partial charge is 0.460 e. The van der Waals surface area contributed by atoms with Gasteiger partial charge in [0.25, 0.3) is 5.56 Å². The molecule has 130 valence electrons. The molecular weight excluding hydrogens is 338 g/mol. The van der Waals surface area contributed by atoms with Crippen LogP contribution in [-0.4, -0.2) is 34.5 Å². The van der Waals surface area contributed by atoms with Gasteiger partial charge in [0.2, 0.25) is 5.82 Å². The van der Waals surface area contributed by atoms with Gasteiger partial charge in [-0.2, -0.15) is 0 Å². The van der Waals surface area contributed by atoms with Gasteiger partial charge in [0.05, 0.1) is 12.0 Å². The number of aromatic amines is 1. The Balaban J connectivity index is 1.83. The zero-order valence-corrected chi connectivity index (χ0v) is 14.9. The fraction of sp³-hybridized carbons (Fsp3) is 0.278. The van der Waals surface area contributed by atoms with E-state index in [0.29, 0.717) is 16.8 Å². The van der Waals surface area contributed by atoms with Gasteiger partial charge < -0.3 is 9.72 Å². The van der Waals surface area contributed by atoms with Crippen LogP contribution in [0.1, 0.15) is 28.7 Å². The number of ether oxygens (including phenoxy) is 1. The molecule has 25 heavy (non-hydrogen) atoms. The van der Waals surface area contributed by atoms with Crippen molar-refractivity contribution in [2.45, 2.75) is 20.0 Å². The highest BCUT2D eigenvalue weighted by Gasteiger charge is 2.16. The minimum Gasteiger partial charge on any atom is -0.460 e. The van der Waals surface area contributed by atoms with Gasteiger partial charge in [-0.15, -0.1) is 11.3 Å². The Bertz CT molecular complexity index is 934. The Hall–Kier alpha value is -2.51. The first-order valence-corrected chi connectivity index (χ1v) is 8.86. The van der Waals surface area contributed by atoms with Crippen LogP contribution in [0.4, 0.5) is 0 Å². The van der Waals surface area contributed by atoms with Crippen molar-refractivity contribution in [2.24, 2.45) is 0 Å². The quantitative estimate of drug-likeness (QED) is 0.687. The Morgan fingerprint density at radius 2 is 2.04 bits per heavy atom. The van der Waals surface area contributed by atoms with Crippen LogP contribution in [0.3, 0.4) is 0 Å². The molecule has 2 aromatic heterocycles. The van der Waals surface area contributed by atoms with Gasteiger partial charge in [0.15, 0.2) is 0 Å². The van der Waals surface area contributed by atoms with Gasteiger partial charge in [0, 0.05) is 13.1 Å². The zero-order valence-electron chi connectivity index (χ0n) is 14.1. The molecule has 0 saturated carbocycles. The molecule has 0 saturated heterocycles. The molecule has 0 aliphatic carbocycles. The van der Waals surface area contributed by atoms with E-state index in [1.54, 1.807) is 6.92 Å². The summed E-state index contributed by atoms with van der Waals surface area (Å²) in [6.07, 6.45) is 0. The van der Waals surface area contributed by atoms with E-state index in [2.05, 4.69) is 27.0 Å². The summed E-state index contributed by atoms with van der Waals surface area (Å²) in [5, 5.41) is 2.46. The van der Waals surface area contributed by atoms with Crippen LogP contribution < -0.4 is 5.56 Å². The van der Waals surface area contributed by atoms with E-state index in [1.165, 1.54) is 16.9 Å². The monoisotopic (exact) mass is 357 g/mol. The Morgan fingerprint density at radius 1 is 1.28 bits per heavy atom. The van der Waals surface area contributed by atoms with Crippen LogP contribution in [0.25, 0.3) is 10.2 Å². The average molecular weight is 357 g/mol. The molecule has 0 aliphatic heterocycles. The molecule has 0 spiro atoms. The van der Waals surface area contributed by atoms with Crippen LogP contribution in [0.2, 0.25) is 0 Å². The summed E-state index contributed by atoms with van der Waals surface area (Å²) in [7, 11) is 2.01. The molecule has 1 aromatic carbocycles. The molecule has 3 aromatic rings. The molecule has 0 unspecified atom stereocenters. The minimum absolute atomic E-state index is 0.0506. The highest BCUT2D eigenvalue weighted by molar-refractivity contribution is 7.16. The molecular formula is C18H19N3O3S. The van der Waals surface area contributed by atoms with E-state index in [0.717, 1.165) is 12.1 Å². The number of carbonyl (C=O) groups is 1. The number of carbonyl (C=O) groups excluding carboxylic acids is 1. The number of H-pyrrole nitrogens is 1. The Labute approximate surface area is 149 Å². The fourth-order valence-corrected chi connectivity index (χ4v) is 3.59. The van der Waals surface area contributed by atoms with Crippen molar-refractivity contribution in [3.8, 4) is 0 Å². The predicted octanol–water partition coefficient (Wildman–Crippen LogP) is 2.79. The number of esters is 1. The second-order valence-electron chi connectivity index (χ2n) is 5.73. The van der Waals surface area contributed by atoms with Gasteiger partial charge in [0.1, 0.15) is 4.83 Å². The van der Waals surface area contributed by atoms with E-state index in [4.69, 9.17) is 4.74 Å². The van der Waals surface area contributed by atoms with Gasteiger partial charge in [-0.1, -0.05) is 30.3 Å². The molecule has 0 bridgehead atoms. The van der Waals surface area contributed by atoms with Crippen LogP contribution in [0.5, 0.6) is 0 Å². The van der Waals surface area contributed by atoms with E-state index >= 15 is 0 Å². The summed E-state index contributed by atoms with van der Waals surface area (Å²) in [5.74, 6) is -0.664. The van der Waals surface area contributed by atoms with Gasteiger partial charge in [-0.25, -0.2) is 9.78 Å². The van der Waals surface area contributed by atoms with Crippen molar-refractivity contribution < 1.29 is 9.53 Å².